The molecule has 0 amide bonds. The Balaban J connectivity index is 1.91. The second-order valence-corrected chi connectivity index (χ2v) is 6.12. The van der Waals surface area contributed by atoms with Crippen LogP contribution >= 0.6 is 0 Å². The van der Waals surface area contributed by atoms with Crippen molar-refractivity contribution in [2.45, 2.75) is 6.92 Å². The lowest BCUT2D eigenvalue weighted by Crippen LogP contribution is -1.99. The highest BCUT2D eigenvalue weighted by Gasteiger charge is 2.16. The van der Waals surface area contributed by atoms with Gasteiger partial charge in [-0.2, -0.15) is 0 Å². The van der Waals surface area contributed by atoms with E-state index in [1.807, 2.05) is 66.1 Å². The van der Waals surface area contributed by atoms with Crippen molar-refractivity contribution in [2.75, 3.05) is 12.4 Å². The summed E-state index contributed by atoms with van der Waals surface area (Å²) in [6.07, 6.45) is 2.05. The Hall–Kier alpha value is -3.47. The highest BCUT2D eigenvalue weighted by molar-refractivity contribution is 5.81. The Kier molecular flexibility index (Phi) is 3.97. The third-order valence-corrected chi connectivity index (χ3v) is 4.27. The standard InChI is InChI=1S/C21H19N3O2/c1-14-7-12-19-23-20(15-8-10-16(25)11-9-15)21(24(19)13-14)22-17-5-3-4-6-18(17)26-2/h3-13,22,25H,1-2H3. The fourth-order valence-corrected chi connectivity index (χ4v) is 2.97. The first kappa shape index (κ1) is 16.0. The van der Waals surface area contributed by atoms with E-state index in [1.165, 1.54) is 0 Å². The molecular formula is C21H19N3O2. The van der Waals surface area contributed by atoms with Crippen LogP contribution in [0.2, 0.25) is 0 Å². The van der Waals surface area contributed by atoms with Crippen molar-refractivity contribution in [1.82, 2.24) is 9.38 Å². The molecule has 0 bridgehead atoms. The number of fused-ring (bicyclic) bond motifs is 1. The largest absolute Gasteiger partial charge is 0.508 e. The summed E-state index contributed by atoms with van der Waals surface area (Å²) in [5.74, 6) is 1.83. The summed E-state index contributed by atoms with van der Waals surface area (Å²) >= 11 is 0. The van der Waals surface area contributed by atoms with E-state index in [-0.39, 0.29) is 5.75 Å². The van der Waals surface area contributed by atoms with Gasteiger partial charge in [0.15, 0.2) is 0 Å². The van der Waals surface area contributed by atoms with Crippen LogP contribution in [-0.2, 0) is 0 Å². The molecule has 2 N–H and O–H groups in total. The molecule has 4 aromatic rings. The molecule has 5 heteroatoms. The van der Waals surface area contributed by atoms with Crippen molar-refractivity contribution in [1.29, 1.82) is 0 Å². The predicted octanol–water partition coefficient (Wildman–Crippen LogP) is 4.77. The van der Waals surface area contributed by atoms with Crippen LogP contribution in [0.4, 0.5) is 11.5 Å². The number of aromatic hydroxyl groups is 1. The lowest BCUT2D eigenvalue weighted by Gasteiger charge is -2.12. The van der Waals surface area contributed by atoms with Gasteiger partial charge in [0.05, 0.1) is 12.8 Å². The van der Waals surface area contributed by atoms with Crippen LogP contribution in [0.15, 0.2) is 66.9 Å². The zero-order chi connectivity index (χ0) is 18.1. The van der Waals surface area contributed by atoms with Gasteiger partial charge in [-0.1, -0.05) is 18.2 Å². The second-order valence-electron chi connectivity index (χ2n) is 6.12. The van der Waals surface area contributed by atoms with Gasteiger partial charge in [-0.3, -0.25) is 4.40 Å². The minimum atomic E-state index is 0.229. The van der Waals surface area contributed by atoms with Crippen molar-refractivity contribution >= 4 is 17.2 Å². The number of ether oxygens (including phenoxy) is 1. The lowest BCUT2D eigenvalue weighted by atomic mass is 10.1. The van der Waals surface area contributed by atoms with Crippen molar-refractivity contribution in [3.8, 4) is 22.8 Å². The minimum absolute atomic E-state index is 0.229. The van der Waals surface area contributed by atoms with E-state index in [4.69, 9.17) is 9.72 Å². The van der Waals surface area contributed by atoms with Gasteiger partial charge >= 0.3 is 0 Å². The highest BCUT2D eigenvalue weighted by Crippen LogP contribution is 2.34. The van der Waals surface area contributed by atoms with E-state index in [0.717, 1.165) is 39.7 Å². The molecule has 2 aromatic heterocycles. The zero-order valence-electron chi connectivity index (χ0n) is 14.6. The van der Waals surface area contributed by atoms with E-state index < -0.39 is 0 Å². The van der Waals surface area contributed by atoms with Gasteiger partial charge in [0.25, 0.3) is 0 Å². The molecule has 26 heavy (non-hydrogen) atoms. The number of nitrogens with zero attached hydrogens (tertiary/aromatic N) is 2. The molecule has 4 rings (SSSR count). The number of phenols is 1. The van der Waals surface area contributed by atoms with Gasteiger partial charge in [0.1, 0.15) is 28.7 Å². The number of imidazole rings is 1. The Labute approximate surface area is 151 Å². The zero-order valence-corrected chi connectivity index (χ0v) is 14.6. The summed E-state index contributed by atoms with van der Waals surface area (Å²) < 4.78 is 7.50. The molecular weight excluding hydrogens is 326 g/mol. The van der Waals surface area contributed by atoms with E-state index in [1.54, 1.807) is 19.2 Å². The number of aryl methyl sites for hydroxylation is 1. The van der Waals surface area contributed by atoms with E-state index in [0.29, 0.717) is 0 Å². The maximum absolute atomic E-state index is 9.59. The molecule has 0 saturated heterocycles. The number of hydrogen-bond acceptors (Lipinski definition) is 4. The number of aromatic nitrogens is 2. The molecule has 5 nitrogen and oxygen atoms in total. The maximum atomic E-state index is 9.59. The highest BCUT2D eigenvalue weighted by atomic mass is 16.5. The van der Waals surface area contributed by atoms with Crippen LogP contribution in [0.3, 0.4) is 0 Å². The fraction of sp³-hybridized carbons (Fsp3) is 0.0952. The van der Waals surface area contributed by atoms with Crippen LogP contribution in [0.5, 0.6) is 11.5 Å². The maximum Gasteiger partial charge on any atom is 0.143 e. The molecule has 0 atom stereocenters. The summed E-state index contributed by atoms with van der Waals surface area (Å²) in [5.41, 5.74) is 4.56. The number of pyridine rings is 1. The summed E-state index contributed by atoms with van der Waals surface area (Å²) in [7, 11) is 1.65. The van der Waals surface area contributed by atoms with Crippen LogP contribution in [0.1, 0.15) is 5.56 Å². The summed E-state index contributed by atoms with van der Waals surface area (Å²) in [5, 5.41) is 13.1. The number of nitrogens with one attached hydrogen (secondary N) is 1. The predicted molar refractivity (Wildman–Crippen MR) is 103 cm³/mol. The second kappa shape index (κ2) is 6.44. The summed E-state index contributed by atoms with van der Waals surface area (Å²) in [6.45, 7) is 2.05. The third kappa shape index (κ3) is 2.84. The van der Waals surface area contributed by atoms with Crippen molar-refractivity contribution in [3.05, 3.63) is 72.4 Å². The molecule has 2 aromatic carbocycles. The lowest BCUT2D eigenvalue weighted by molar-refractivity contribution is 0.417. The Morgan fingerprint density at radius 3 is 2.54 bits per heavy atom. The van der Waals surface area contributed by atoms with Gasteiger partial charge in [-0.25, -0.2) is 4.98 Å². The monoisotopic (exact) mass is 345 g/mol. The summed E-state index contributed by atoms with van der Waals surface area (Å²) in [4.78, 5) is 4.78. The third-order valence-electron chi connectivity index (χ3n) is 4.27. The molecule has 130 valence electrons. The number of rotatable bonds is 4. The van der Waals surface area contributed by atoms with Gasteiger partial charge in [-0.05, 0) is 55.0 Å². The van der Waals surface area contributed by atoms with Crippen LogP contribution < -0.4 is 10.1 Å². The Morgan fingerprint density at radius 1 is 1.00 bits per heavy atom. The SMILES string of the molecule is COc1ccccc1Nc1c(-c2ccc(O)cc2)nc2ccc(C)cn12. The molecule has 2 heterocycles. The quantitative estimate of drug-likeness (QED) is 0.559. The molecule has 0 aliphatic rings. The molecule has 0 radical (unpaired) electrons. The van der Waals surface area contributed by atoms with Crippen LogP contribution in [0, 0.1) is 6.92 Å². The smallest absolute Gasteiger partial charge is 0.143 e. The van der Waals surface area contributed by atoms with E-state index >= 15 is 0 Å². The van der Waals surface area contributed by atoms with E-state index in [9.17, 15) is 5.11 Å². The Morgan fingerprint density at radius 2 is 1.77 bits per heavy atom. The van der Waals surface area contributed by atoms with Crippen LogP contribution in [-0.4, -0.2) is 21.6 Å². The topological polar surface area (TPSA) is 58.8 Å². The van der Waals surface area contributed by atoms with Crippen molar-refractivity contribution < 1.29 is 9.84 Å². The first-order chi connectivity index (χ1) is 12.7. The number of anilines is 2. The molecule has 0 aliphatic heterocycles. The average Bonchev–Trinajstić information content (AvgIpc) is 3.00. The minimum Gasteiger partial charge on any atom is -0.508 e. The van der Waals surface area contributed by atoms with Crippen molar-refractivity contribution in [2.24, 2.45) is 0 Å². The number of para-hydroxylation sites is 2. The van der Waals surface area contributed by atoms with Gasteiger partial charge in [-0.15, -0.1) is 0 Å². The molecule has 0 unspecified atom stereocenters. The first-order valence-corrected chi connectivity index (χ1v) is 8.34. The number of methoxy groups -OCH3 is 1. The van der Waals surface area contributed by atoms with Gasteiger partial charge in [0, 0.05) is 11.8 Å². The van der Waals surface area contributed by atoms with E-state index in [2.05, 4.69) is 5.32 Å². The molecule has 0 fully saturated rings. The first-order valence-electron chi connectivity index (χ1n) is 8.34. The Bertz CT molecular complexity index is 1070. The molecule has 0 aliphatic carbocycles. The normalized spacial score (nSPS) is 10.8. The van der Waals surface area contributed by atoms with Gasteiger partial charge in [0.2, 0.25) is 0 Å². The molecule has 0 saturated carbocycles. The van der Waals surface area contributed by atoms with Crippen LogP contribution in [0.25, 0.3) is 16.9 Å². The number of benzene rings is 2. The average molecular weight is 345 g/mol. The fourth-order valence-electron chi connectivity index (χ4n) is 2.97. The molecule has 0 spiro atoms. The van der Waals surface area contributed by atoms with Gasteiger partial charge < -0.3 is 15.2 Å². The summed E-state index contributed by atoms with van der Waals surface area (Å²) in [6, 6.07) is 18.8. The number of phenolic OH excluding ortho intramolecular Hbond substituents is 1. The van der Waals surface area contributed by atoms with Crippen molar-refractivity contribution in [3.63, 3.8) is 0 Å². The number of hydrogen-bond donors (Lipinski definition) is 2.